The number of aliphatic hydroxyl groups excluding tert-OH is 1. The van der Waals surface area contributed by atoms with Crippen LogP contribution in [-0.4, -0.2) is 51.7 Å². The standard InChI is InChI=1S/C25H34O8/c1-12-14-11-32-22(29)18(14)20(31-6)13-9-16-24(4,8-7-17(27)28)21(23(2,3)30)15(26)10-25(16,5)33-19(12)13/h15-16,21,26,30H,7-11H2,1-6H3,(H,27,28)/t15?,16-,21?,24-,25+/m1/s1. The molecule has 2 heterocycles. The van der Waals surface area contributed by atoms with Gasteiger partial charge in [-0.1, -0.05) is 6.92 Å². The number of carbonyl (C=O) groups excluding carboxylic acids is 1. The molecule has 4 rings (SSSR count). The molecule has 2 aliphatic heterocycles. The molecule has 1 saturated carbocycles. The highest BCUT2D eigenvalue weighted by molar-refractivity contribution is 5.98. The van der Waals surface area contributed by atoms with Gasteiger partial charge < -0.3 is 29.5 Å². The fourth-order valence-corrected chi connectivity index (χ4v) is 7.11. The van der Waals surface area contributed by atoms with Crippen molar-refractivity contribution >= 4 is 11.9 Å². The molecular formula is C25H34O8. The van der Waals surface area contributed by atoms with Crippen molar-refractivity contribution in [3.05, 3.63) is 22.3 Å². The molecular weight excluding hydrogens is 428 g/mol. The molecule has 2 unspecified atom stereocenters. The number of carbonyl (C=O) groups is 2. The van der Waals surface area contributed by atoms with E-state index in [2.05, 4.69) is 0 Å². The van der Waals surface area contributed by atoms with Crippen LogP contribution in [0, 0.1) is 24.2 Å². The zero-order valence-corrected chi connectivity index (χ0v) is 20.2. The fraction of sp³-hybridized carbons (Fsp3) is 0.680. The second kappa shape index (κ2) is 7.60. The van der Waals surface area contributed by atoms with Gasteiger partial charge in [0.25, 0.3) is 0 Å². The molecule has 1 fully saturated rings. The molecule has 0 amide bonds. The van der Waals surface area contributed by atoms with E-state index in [1.165, 1.54) is 7.11 Å². The van der Waals surface area contributed by atoms with Gasteiger partial charge in [-0.15, -0.1) is 0 Å². The van der Waals surface area contributed by atoms with Crippen LogP contribution in [0.4, 0.5) is 0 Å². The van der Waals surface area contributed by atoms with Crippen LogP contribution in [0.1, 0.15) is 74.0 Å². The molecule has 33 heavy (non-hydrogen) atoms. The van der Waals surface area contributed by atoms with Gasteiger partial charge in [0.15, 0.2) is 0 Å². The Labute approximate surface area is 193 Å². The SMILES string of the molecule is COc1c2c(c(C)c3c1C(=O)OC3)O[C@@]1(C)CC(O)C(C(C)(C)O)[C@](C)(CCC(=O)O)[C@H]1C2. The molecule has 3 aliphatic rings. The van der Waals surface area contributed by atoms with Crippen LogP contribution >= 0.6 is 0 Å². The summed E-state index contributed by atoms with van der Waals surface area (Å²) >= 11 is 0. The number of benzene rings is 1. The summed E-state index contributed by atoms with van der Waals surface area (Å²) in [6.45, 7) is 9.27. The molecule has 1 aromatic carbocycles. The predicted molar refractivity (Wildman–Crippen MR) is 118 cm³/mol. The monoisotopic (exact) mass is 462 g/mol. The molecule has 1 aliphatic carbocycles. The average molecular weight is 463 g/mol. The van der Waals surface area contributed by atoms with Crippen molar-refractivity contribution in [3.63, 3.8) is 0 Å². The molecule has 182 valence electrons. The number of hydrogen-bond donors (Lipinski definition) is 3. The van der Waals surface area contributed by atoms with Gasteiger partial charge in [0, 0.05) is 35.8 Å². The Balaban J connectivity index is 1.91. The van der Waals surface area contributed by atoms with Crippen LogP contribution in [0.5, 0.6) is 11.5 Å². The van der Waals surface area contributed by atoms with Crippen LogP contribution < -0.4 is 9.47 Å². The highest BCUT2D eigenvalue weighted by Crippen LogP contribution is 2.61. The Morgan fingerprint density at radius 1 is 1.27 bits per heavy atom. The number of methoxy groups -OCH3 is 1. The Bertz CT molecular complexity index is 1010. The molecule has 3 N–H and O–H groups in total. The lowest BCUT2D eigenvalue weighted by atomic mass is 9.48. The Hall–Kier alpha value is -2.32. The topological polar surface area (TPSA) is 123 Å². The van der Waals surface area contributed by atoms with Crippen molar-refractivity contribution in [2.45, 2.75) is 84.2 Å². The first-order valence-electron chi connectivity index (χ1n) is 11.4. The van der Waals surface area contributed by atoms with E-state index in [1.54, 1.807) is 13.8 Å². The summed E-state index contributed by atoms with van der Waals surface area (Å²) in [4.78, 5) is 24.0. The van der Waals surface area contributed by atoms with E-state index in [1.807, 2.05) is 20.8 Å². The second-order valence-electron chi connectivity index (χ2n) is 10.9. The van der Waals surface area contributed by atoms with Gasteiger partial charge in [0.1, 0.15) is 29.3 Å². The summed E-state index contributed by atoms with van der Waals surface area (Å²) in [6, 6.07) is 0. The number of rotatable bonds is 5. The zero-order chi connectivity index (χ0) is 24.5. The van der Waals surface area contributed by atoms with E-state index in [-0.39, 0.29) is 25.4 Å². The number of esters is 1. The average Bonchev–Trinajstić information content (AvgIpc) is 3.07. The highest BCUT2D eigenvalue weighted by atomic mass is 16.5. The maximum absolute atomic E-state index is 12.5. The minimum absolute atomic E-state index is 0.0953. The smallest absolute Gasteiger partial charge is 0.342 e. The first-order chi connectivity index (χ1) is 15.2. The van der Waals surface area contributed by atoms with Gasteiger partial charge in [0.05, 0.1) is 18.8 Å². The first-order valence-corrected chi connectivity index (χ1v) is 11.4. The third kappa shape index (κ3) is 3.49. The largest absolute Gasteiger partial charge is 0.495 e. The normalized spacial score (nSPS) is 32.8. The van der Waals surface area contributed by atoms with Crippen molar-refractivity contribution in [2.75, 3.05) is 7.11 Å². The summed E-state index contributed by atoms with van der Waals surface area (Å²) < 4.78 is 17.6. The number of cyclic esters (lactones) is 1. The molecule has 1 aromatic rings. The lowest BCUT2D eigenvalue weighted by Gasteiger charge is -2.61. The summed E-state index contributed by atoms with van der Waals surface area (Å²) in [5, 5.41) is 31.8. The lowest BCUT2D eigenvalue weighted by molar-refractivity contribution is -0.213. The van der Waals surface area contributed by atoms with Crippen molar-refractivity contribution in [1.29, 1.82) is 0 Å². The number of aliphatic hydroxyl groups is 2. The van der Waals surface area contributed by atoms with Crippen LogP contribution in [0.3, 0.4) is 0 Å². The van der Waals surface area contributed by atoms with E-state index in [0.717, 1.165) is 16.7 Å². The Kier molecular flexibility index (Phi) is 5.49. The predicted octanol–water partition coefficient (Wildman–Crippen LogP) is 3.01. The van der Waals surface area contributed by atoms with E-state index >= 15 is 0 Å². The van der Waals surface area contributed by atoms with Crippen LogP contribution in [0.15, 0.2) is 0 Å². The molecule has 5 atom stereocenters. The zero-order valence-electron chi connectivity index (χ0n) is 20.2. The third-order valence-corrected chi connectivity index (χ3v) is 8.25. The van der Waals surface area contributed by atoms with Gasteiger partial charge in [-0.2, -0.15) is 0 Å². The Morgan fingerprint density at radius 3 is 2.52 bits per heavy atom. The van der Waals surface area contributed by atoms with Gasteiger partial charge in [-0.25, -0.2) is 4.79 Å². The minimum Gasteiger partial charge on any atom is -0.495 e. The number of hydrogen-bond acceptors (Lipinski definition) is 7. The number of ether oxygens (including phenoxy) is 3. The quantitative estimate of drug-likeness (QED) is 0.571. The van der Waals surface area contributed by atoms with E-state index < -0.39 is 40.6 Å². The van der Waals surface area contributed by atoms with Crippen LogP contribution in [-0.2, 0) is 22.6 Å². The molecule has 0 saturated heterocycles. The van der Waals surface area contributed by atoms with Crippen molar-refractivity contribution in [3.8, 4) is 11.5 Å². The van der Waals surface area contributed by atoms with Gasteiger partial charge >= 0.3 is 11.9 Å². The van der Waals surface area contributed by atoms with Crippen LogP contribution in [0.2, 0.25) is 0 Å². The van der Waals surface area contributed by atoms with E-state index in [0.29, 0.717) is 29.9 Å². The molecule has 8 nitrogen and oxygen atoms in total. The van der Waals surface area contributed by atoms with Crippen molar-refractivity contribution < 1.29 is 39.1 Å². The number of carboxylic acids is 1. The second-order valence-corrected chi connectivity index (χ2v) is 10.9. The van der Waals surface area contributed by atoms with E-state index in [4.69, 9.17) is 14.2 Å². The summed E-state index contributed by atoms with van der Waals surface area (Å²) in [7, 11) is 1.51. The number of carboxylic acid groups (broad SMARTS) is 1. The highest BCUT2D eigenvalue weighted by Gasteiger charge is 2.63. The molecule has 8 heteroatoms. The number of aliphatic carboxylic acids is 1. The van der Waals surface area contributed by atoms with Crippen molar-refractivity contribution in [1.82, 2.24) is 0 Å². The molecule has 0 bridgehead atoms. The van der Waals surface area contributed by atoms with Gasteiger partial charge in [-0.05, 0) is 51.5 Å². The summed E-state index contributed by atoms with van der Waals surface area (Å²) in [5.41, 5.74) is -0.0651. The lowest BCUT2D eigenvalue weighted by Crippen LogP contribution is -2.66. The molecule has 0 aromatic heterocycles. The molecule has 0 radical (unpaired) electrons. The van der Waals surface area contributed by atoms with Crippen LogP contribution in [0.25, 0.3) is 0 Å². The summed E-state index contributed by atoms with van der Waals surface area (Å²) in [5.74, 6) is -1.10. The third-order valence-electron chi connectivity index (χ3n) is 8.25. The van der Waals surface area contributed by atoms with Gasteiger partial charge in [-0.3, -0.25) is 4.79 Å². The fourth-order valence-electron chi connectivity index (χ4n) is 7.11. The summed E-state index contributed by atoms with van der Waals surface area (Å²) in [6.07, 6.45) is 0.0469. The van der Waals surface area contributed by atoms with E-state index in [9.17, 15) is 24.9 Å². The van der Waals surface area contributed by atoms with Crippen molar-refractivity contribution in [2.24, 2.45) is 17.3 Å². The number of fused-ring (bicyclic) bond motifs is 3. The molecule has 0 spiro atoms. The Morgan fingerprint density at radius 2 is 1.94 bits per heavy atom. The maximum atomic E-state index is 12.5. The maximum Gasteiger partial charge on any atom is 0.342 e. The first kappa shape index (κ1) is 23.8. The minimum atomic E-state index is -1.24. The van der Waals surface area contributed by atoms with Gasteiger partial charge in [0.2, 0.25) is 0 Å².